The molecule has 1 saturated carbocycles. The first-order chi connectivity index (χ1) is 10.3. The summed E-state index contributed by atoms with van der Waals surface area (Å²) in [7, 11) is 2.18. The molecule has 4 nitrogen and oxygen atoms in total. The Bertz CT molecular complexity index is 516. The molecule has 1 saturated heterocycles. The molecule has 0 aromatic carbocycles. The fourth-order valence-corrected chi connectivity index (χ4v) is 4.01. The number of aryl methyl sites for hydroxylation is 2. The van der Waals surface area contributed by atoms with E-state index in [9.17, 15) is 0 Å². The maximum absolute atomic E-state index is 5.82. The lowest BCUT2D eigenvalue weighted by Gasteiger charge is -2.39. The molecular weight excluding hydrogens is 264 g/mol. The number of hydrogen-bond donors (Lipinski definition) is 0. The third kappa shape index (κ3) is 2.44. The minimum Gasteiger partial charge on any atom is -0.357 e. The Morgan fingerprint density at radius 2 is 1.90 bits per heavy atom. The van der Waals surface area contributed by atoms with Gasteiger partial charge in [-0.25, -0.2) is 4.98 Å². The van der Waals surface area contributed by atoms with Crippen LogP contribution in [0.3, 0.4) is 0 Å². The van der Waals surface area contributed by atoms with Crippen molar-refractivity contribution in [3.63, 3.8) is 0 Å². The van der Waals surface area contributed by atoms with Crippen LogP contribution >= 0.6 is 0 Å². The van der Waals surface area contributed by atoms with Crippen molar-refractivity contribution in [2.75, 3.05) is 25.2 Å². The smallest absolute Gasteiger partial charge is 0.168 e. The Morgan fingerprint density at radius 1 is 1.14 bits per heavy atom. The molecule has 1 spiro atoms. The molecule has 0 N–H and O–H groups in total. The van der Waals surface area contributed by atoms with E-state index in [1.807, 2.05) is 0 Å². The maximum Gasteiger partial charge on any atom is 0.168 e. The van der Waals surface area contributed by atoms with Crippen molar-refractivity contribution in [2.45, 2.75) is 56.8 Å². The normalized spacial score (nSPS) is 24.4. The van der Waals surface area contributed by atoms with Gasteiger partial charge in [0.2, 0.25) is 0 Å². The van der Waals surface area contributed by atoms with Crippen molar-refractivity contribution in [2.24, 2.45) is 0 Å². The summed E-state index contributed by atoms with van der Waals surface area (Å²) in [5, 5.41) is 0. The lowest BCUT2D eigenvalue weighted by Crippen LogP contribution is -2.43. The van der Waals surface area contributed by atoms with Crippen LogP contribution in [0, 0.1) is 0 Å². The highest BCUT2D eigenvalue weighted by atomic mass is 16.7. The molecule has 0 atom stereocenters. The molecule has 114 valence electrons. The van der Waals surface area contributed by atoms with Crippen molar-refractivity contribution in [1.82, 2.24) is 4.98 Å². The van der Waals surface area contributed by atoms with Gasteiger partial charge in [0.15, 0.2) is 5.79 Å². The third-order valence-electron chi connectivity index (χ3n) is 5.35. The SMILES string of the molecule is CN(c1ccc2c(n1)CCC2)C1CCC2(CC1)OCCO2. The molecule has 2 aliphatic carbocycles. The van der Waals surface area contributed by atoms with Crippen LogP contribution in [-0.4, -0.2) is 37.1 Å². The Morgan fingerprint density at radius 3 is 2.67 bits per heavy atom. The van der Waals surface area contributed by atoms with Crippen molar-refractivity contribution in [1.29, 1.82) is 0 Å². The molecule has 1 aliphatic heterocycles. The Hall–Kier alpha value is -1.13. The second-order valence-electron chi connectivity index (χ2n) is 6.58. The van der Waals surface area contributed by atoms with Crippen molar-refractivity contribution in [3.05, 3.63) is 23.4 Å². The molecule has 4 rings (SSSR count). The van der Waals surface area contributed by atoms with Gasteiger partial charge in [0.25, 0.3) is 0 Å². The summed E-state index contributed by atoms with van der Waals surface area (Å²) in [5.41, 5.74) is 2.76. The molecule has 1 aromatic heterocycles. The highest BCUT2D eigenvalue weighted by Crippen LogP contribution is 2.38. The number of pyridine rings is 1. The minimum atomic E-state index is -0.261. The average Bonchev–Trinajstić information content (AvgIpc) is 3.16. The second-order valence-corrected chi connectivity index (χ2v) is 6.58. The lowest BCUT2D eigenvalue weighted by atomic mass is 9.89. The second kappa shape index (κ2) is 5.25. The maximum atomic E-state index is 5.82. The fourth-order valence-electron chi connectivity index (χ4n) is 4.01. The van der Waals surface area contributed by atoms with Gasteiger partial charge in [0.1, 0.15) is 5.82 Å². The zero-order chi connectivity index (χ0) is 14.3. The Kier molecular flexibility index (Phi) is 3.38. The van der Waals surface area contributed by atoms with Crippen LogP contribution in [-0.2, 0) is 22.3 Å². The van der Waals surface area contributed by atoms with Crippen LogP contribution in [0.15, 0.2) is 12.1 Å². The molecule has 2 fully saturated rings. The van der Waals surface area contributed by atoms with E-state index in [1.54, 1.807) is 0 Å². The zero-order valence-corrected chi connectivity index (χ0v) is 12.8. The standard InChI is InChI=1S/C17H24N2O2/c1-19(16-6-5-13-3-2-4-15(13)18-16)14-7-9-17(10-8-14)20-11-12-21-17/h5-6,14H,2-4,7-12H2,1H3. The predicted octanol–water partition coefficient (Wildman–Crippen LogP) is 2.69. The molecule has 1 aromatic rings. The van der Waals surface area contributed by atoms with Gasteiger partial charge in [-0.1, -0.05) is 6.07 Å². The molecule has 2 heterocycles. The predicted molar refractivity (Wildman–Crippen MR) is 81.6 cm³/mol. The van der Waals surface area contributed by atoms with Gasteiger partial charge in [0, 0.05) is 31.6 Å². The minimum absolute atomic E-state index is 0.261. The van der Waals surface area contributed by atoms with E-state index in [0.29, 0.717) is 6.04 Å². The van der Waals surface area contributed by atoms with Gasteiger partial charge >= 0.3 is 0 Å². The summed E-state index contributed by atoms with van der Waals surface area (Å²) in [6, 6.07) is 5.02. The van der Waals surface area contributed by atoms with Crippen LogP contribution in [0.25, 0.3) is 0 Å². The van der Waals surface area contributed by atoms with Crippen LogP contribution in [0.1, 0.15) is 43.4 Å². The summed E-state index contributed by atoms with van der Waals surface area (Å²) in [6.07, 6.45) is 7.86. The number of rotatable bonds is 2. The molecule has 3 aliphatic rings. The van der Waals surface area contributed by atoms with Crippen molar-refractivity contribution in [3.8, 4) is 0 Å². The molecule has 0 bridgehead atoms. The van der Waals surface area contributed by atoms with Gasteiger partial charge in [-0.05, 0) is 43.7 Å². The first-order valence-electron chi connectivity index (χ1n) is 8.25. The molecule has 0 amide bonds. The topological polar surface area (TPSA) is 34.6 Å². The third-order valence-corrected chi connectivity index (χ3v) is 5.35. The quantitative estimate of drug-likeness (QED) is 0.838. The molecular formula is C17H24N2O2. The van der Waals surface area contributed by atoms with E-state index < -0.39 is 0 Å². The van der Waals surface area contributed by atoms with Crippen LogP contribution in [0.4, 0.5) is 5.82 Å². The number of anilines is 1. The van der Waals surface area contributed by atoms with E-state index in [0.717, 1.165) is 51.1 Å². The molecule has 0 radical (unpaired) electrons. The average molecular weight is 288 g/mol. The van der Waals surface area contributed by atoms with Gasteiger partial charge in [-0.2, -0.15) is 0 Å². The number of ether oxygens (including phenoxy) is 2. The summed E-state index contributed by atoms with van der Waals surface area (Å²) >= 11 is 0. The summed E-state index contributed by atoms with van der Waals surface area (Å²) in [5.74, 6) is 0.868. The molecule has 0 unspecified atom stereocenters. The Balaban J connectivity index is 1.44. The number of fused-ring (bicyclic) bond motifs is 1. The monoisotopic (exact) mass is 288 g/mol. The highest BCUT2D eigenvalue weighted by molar-refractivity contribution is 5.43. The number of nitrogens with zero attached hydrogens (tertiary/aromatic N) is 2. The van der Waals surface area contributed by atoms with E-state index in [1.165, 1.54) is 24.1 Å². The summed E-state index contributed by atoms with van der Waals surface area (Å²) in [4.78, 5) is 7.24. The van der Waals surface area contributed by atoms with Crippen LogP contribution in [0.2, 0.25) is 0 Å². The summed E-state index contributed by atoms with van der Waals surface area (Å²) < 4.78 is 11.6. The summed E-state index contributed by atoms with van der Waals surface area (Å²) in [6.45, 7) is 1.51. The van der Waals surface area contributed by atoms with Crippen molar-refractivity contribution < 1.29 is 9.47 Å². The van der Waals surface area contributed by atoms with Gasteiger partial charge in [-0.15, -0.1) is 0 Å². The number of aromatic nitrogens is 1. The first kappa shape index (κ1) is 13.5. The van der Waals surface area contributed by atoms with E-state index >= 15 is 0 Å². The fraction of sp³-hybridized carbons (Fsp3) is 0.706. The number of hydrogen-bond acceptors (Lipinski definition) is 4. The first-order valence-corrected chi connectivity index (χ1v) is 8.25. The van der Waals surface area contributed by atoms with Gasteiger partial charge < -0.3 is 14.4 Å². The van der Waals surface area contributed by atoms with Crippen molar-refractivity contribution >= 4 is 5.82 Å². The van der Waals surface area contributed by atoms with Gasteiger partial charge in [-0.3, -0.25) is 0 Å². The zero-order valence-electron chi connectivity index (χ0n) is 12.8. The van der Waals surface area contributed by atoms with E-state index in [2.05, 4.69) is 24.1 Å². The van der Waals surface area contributed by atoms with Gasteiger partial charge in [0.05, 0.1) is 13.2 Å². The largest absolute Gasteiger partial charge is 0.357 e. The molecule has 4 heteroatoms. The van der Waals surface area contributed by atoms with Crippen LogP contribution < -0.4 is 4.90 Å². The van der Waals surface area contributed by atoms with Crippen LogP contribution in [0.5, 0.6) is 0 Å². The van der Waals surface area contributed by atoms with E-state index in [-0.39, 0.29) is 5.79 Å². The Labute approximate surface area is 126 Å². The lowest BCUT2D eigenvalue weighted by molar-refractivity contribution is -0.178. The highest BCUT2D eigenvalue weighted by Gasteiger charge is 2.41. The van der Waals surface area contributed by atoms with E-state index in [4.69, 9.17) is 14.5 Å². The molecule has 21 heavy (non-hydrogen) atoms.